The number of nitrogens with two attached hydrogens (primary N) is 4. The Balaban J connectivity index is 0.00000173. The average molecular weight is 880 g/mol. The number of hydrazine groups is 2. The Bertz CT molecular complexity index is 1880. The number of carboxylic acids is 1. The molecule has 0 spiro atoms. The van der Waals surface area contributed by atoms with E-state index < -0.39 is 59.8 Å². The van der Waals surface area contributed by atoms with E-state index in [0.717, 1.165) is 16.3 Å². The molecule has 0 unspecified atom stereocenters. The molecule has 0 bridgehead atoms. The number of hydrogen-bond donors (Lipinski definition) is 10. The number of carboxylic acid groups (broad SMARTS) is 1. The maximum atomic E-state index is 14.1. The second kappa shape index (κ2) is 25.5. The van der Waals surface area contributed by atoms with Gasteiger partial charge in [0.15, 0.2) is 11.9 Å². The maximum Gasteiger partial charge on any atom is 0.490 e. The van der Waals surface area contributed by atoms with Gasteiger partial charge in [0.25, 0.3) is 11.8 Å². The van der Waals surface area contributed by atoms with Crippen molar-refractivity contribution in [3.63, 3.8) is 0 Å². The lowest BCUT2D eigenvalue weighted by Crippen LogP contribution is -2.58. The fourth-order valence-corrected chi connectivity index (χ4v) is 6.16. The average Bonchev–Trinajstić information content (AvgIpc) is 3.16. The zero-order valence-corrected chi connectivity index (χ0v) is 35.3. The fourth-order valence-electron chi connectivity index (χ4n) is 6.16. The molecule has 1 aliphatic heterocycles. The monoisotopic (exact) mass is 879 g/mol. The molecule has 1 heterocycles. The van der Waals surface area contributed by atoms with Gasteiger partial charge >= 0.3 is 12.1 Å². The van der Waals surface area contributed by atoms with Gasteiger partial charge in [0, 0.05) is 26.2 Å². The number of halogens is 3. The number of rotatable bonds is 14. The van der Waals surface area contributed by atoms with Crippen molar-refractivity contribution in [1.82, 2.24) is 36.8 Å². The normalized spacial score (nSPS) is 18.9. The summed E-state index contributed by atoms with van der Waals surface area (Å²) in [5.41, 5.74) is 28.4. The third kappa shape index (κ3) is 19.9. The van der Waals surface area contributed by atoms with Crippen LogP contribution in [0.3, 0.4) is 0 Å². The number of guanidine groups is 2. The van der Waals surface area contributed by atoms with Crippen molar-refractivity contribution in [3.05, 3.63) is 48.0 Å². The van der Waals surface area contributed by atoms with Crippen LogP contribution in [-0.4, -0.2) is 120 Å². The van der Waals surface area contributed by atoms with Gasteiger partial charge in [-0.3, -0.25) is 44.8 Å². The SMILES string of the molecule is CC(C)C[C@@H]1NC(=O)CN(Cc2cccc3ccccc23)NC(=O)[C@H](CCCN=C(N)N)NC(=O)CN(CCCN=C(N)N)NC(=O)[C@H](CC(C)C)NC1=O.O=C(O)C(F)(F)F. The molecule has 62 heavy (non-hydrogen) atoms. The molecular weight excluding hydrogens is 820 g/mol. The van der Waals surface area contributed by atoms with E-state index in [2.05, 4.69) is 36.8 Å². The molecule has 23 heteroatoms. The lowest BCUT2D eigenvalue weighted by molar-refractivity contribution is -0.192. The second-order valence-corrected chi connectivity index (χ2v) is 15.3. The highest BCUT2D eigenvalue weighted by molar-refractivity contribution is 5.93. The smallest absolute Gasteiger partial charge is 0.475 e. The van der Waals surface area contributed by atoms with Crippen LogP contribution in [-0.2, 0) is 35.3 Å². The Kier molecular flexibility index (Phi) is 21.4. The molecule has 5 amide bonds. The molecule has 20 nitrogen and oxygen atoms in total. The van der Waals surface area contributed by atoms with Gasteiger partial charge in [0.05, 0.1) is 13.1 Å². The molecule has 344 valence electrons. The summed E-state index contributed by atoms with van der Waals surface area (Å²) >= 11 is 0. The third-order valence-corrected chi connectivity index (χ3v) is 8.87. The number of nitrogens with one attached hydrogen (secondary N) is 5. The van der Waals surface area contributed by atoms with Crippen molar-refractivity contribution in [2.75, 3.05) is 32.7 Å². The number of aliphatic imine (C=N–C) groups is 2. The van der Waals surface area contributed by atoms with E-state index in [4.69, 9.17) is 32.8 Å². The molecule has 14 N–H and O–H groups in total. The Morgan fingerprint density at radius 2 is 1.21 bits per heavy atom. The minimum absolute atomic E-state index is 0.00124. The zero-order chi connectivity index (χ0) is 46.6. The minimum atomic E-state index is -5.08. The van der Waals surface area contributed by atoms with Crippen LogP contribution in [0.5, 0.6) is 0 Å². The standard InChI is InChI=1S/C37H59N13O5.C2HF3O2/c1-23(2)18-29-33(53)46-30(19-24(3)4)35(55)47-49(17-9-16-43-37(40)41)21-31(51)44-28(14-8-15-42-36(38)39)34(54)48-50(22-32(52)45-29)20-26-12-7-11-25-10-5-6-13-27(25)26;3-2(4,5)1(6)7/h5-7,10-13,23-24,28-30H,8-9,14-22H2,1-4H3,(H,44,51)(H,45,52)(H,46,53)(H,47,55)(H,48,54)(H4,38,39,42)(H4,40,41,43);(H,6,7)/t28-,29-,30-;/m0./s1. The minimum Gasteiger partial charge on any atom is -0.475 e. The topological polar surface area (TPSA) is 318 Å². The first kappa shape index (κ1) is 51.9. The molecule has 2 aromatic carbocycles. The first-order valence-corrected chi connectivity index (χ1v) is 19.9. The van der Waals surface area contributed by atoms with Crippen LogP contribution in [0.4, 0.5) is 13.2 Å². The van der Waals surface area contributed by atoms with Crippen molar-refractivity contribution in [3.8, 4) is 0 Å². The number of aliphatic carboxylic acids is 1. The molecule has 1 saturated heterocycles. The molecule has 2 aromatic rings. The maximum absolute atomic E-state index is 14.1. The summed E-state index contributed by atoms with van der Waals surface area (Å²) in [6.07, 6.45) is -3.67. The third-order valence-electron chi connectivity index (χ3n) is 8.87. The lowest BCUT2D eigenvalue weighted by Gasteiger charge is -2.28. The lowest BCUT2D eigenvalue weighted by atomic mass is 10.00. The summed E-state index contributed by atoms with van der Waals surface area (Å²) in [6.45, 7) is 7.70. The summed E-state index contributed by atoms with van der Waals surface area (Å²) in [5.74, 6) is -5.74. The van der Waals surface area contributed by atoms with Gasteiger partial charge in [-0.25, -0.2) is 14.8 Å². The molecule has 1 aliphatic rings. The Morgan fingerprint density at radius 1 is 0.726 bits per heavy atom. The molecule has 3 atom stereocenters. The largest absolute Gasteiger partial charge is 0.490 e. The number of carbonyl (C=O) groups is 6. The summed E-state index contributed by atoms with van der Waals surface area (Å²) in [7, 11) is 0. The Hall–Kier alpha value is -6.23. The van der Waals surface area contributed by atoms with Gasteiger partial charge in [-0.15, -0.1) is 0 Å². The quantitative estimate of drug-likeness (QED) is 0.0676. The number of fused-ring (bicyclic) bond motifs is 1. The second-order valence-electron chi connectivity index (χ2n) is 15.3. The van der Waals surface area contributed by atoms with E-state index in [0.29, 0.717) is 12.8 Å². The molecule has 0 aromatic heterocycles. The van der Waals surface area contributed by atoms with Gasteiger partial charge in [-0.2, -0.15) is 13.2 Å². The number of amides is 5. The van der Waals surface area contributed by atoms with E-state index >= 15 is 0 Å². The predicted octanol–water partition coefficient (Wildman–Crippen LogP) is -0.0832. The molecule has 3 rings (SSSR count). The van der Waals surface area contributed by atoms with Crippen LogP contribution in [0.25, 0.3) is 10.8 Å². The van der Waals surface area contributed by atoms with E-state index in [9.17, 15) is 37.1 Å². The van der Waals surface area contributed by atoms with Crippen molar-refractivity contribution >= 4 is 58.2 Å². The number of benzene rings is 2. The van der Waals surface area contributed by atoms with E-state index in [1.807, 2.05) is 70.2 Å². The molecule has 0 aliphatic carbocycles. The summed E-state index contributed by atoms with van der Waals surface area (Å²) in [5, 5.41) is 20.4. The van der Waals surface area contributed by atoms with Crippen molar-refractivity contribution < 1.29 is 47.0 Å². The highest BCUT2D eigenvalue weighted by Gasteiger charge is 2.38. The number of nitrogens with zero attached hydrogens (tertiary/aromatic N) is 4. The van der Waals surface area contributed by atoms with Gasteiger partial charge in [-0.05, 0) is 60.3 Å². The number of alkyl halides is 3. The highest BCUT2D eigenvalue weighted by atomic mass is 19.4. The number of carbonyl (C=O) groups excluding carboxylic acids is 5. The molecule has 1 fully saturated rings. The summed E-state index contributed by atoms with van der Waals surface area (Å²) in [4.78, 5) is 86.0. The molecular formula is C39H60F3N13O7. The van der Waals surface area contributed by atoms with Crippen LogP contribution in [0, 0.1) is 11.8 Å². The predicted molar refractivity (Wildman–Crippen MR) is 226 cm³/mol. The Morgan fingerprint density at radius 3 is 1.77 bits per heavy atom. The Labute approximate surface area is 357 Å². The first-order valence-electron chi connectivity index (χ1n) is 19.9. The van der Waals surface area contributed by atoms with Crippen LogP contribution in [0.2, 0.25) is 0 Å². The van der Waals surface area contributed by atoms with Crippen molar-refractivity contribution in [1.29, 1.82) is 0 Å². The van der Waals surface area contributed by atoms with E-state index in [-0.39, 0.29) is 82.3 Å². The molecule has 0 radical (unpaired) electrons. The zero-order valence-electron chi connectivity index (χ0n) is 35.3. The van der Waals surface area contributed by atoms with Crippen LogP contribution in [0.15, 0.2) is 52.4 Å². The summed E-state index contributed by atoms with van der Waals surface area (Å²) in [6, 6.07) is 10.4. The fraction of sp³-hybridized carbons (Fsp3) is 0.538. The van der Waals surface area contributed by atoms with Gasteiger partial charge < -0.3 is 44.0 Å². The van der Waals surface area contributed by atoms with Crippen LogP contribution in [0.1, 0.15) is 65.4 Å². The summed E-state index contributed by atoms with van der Waals surface area (Å²) < 4.78 is 31.7. The van der Waals surface area contributed by atoms with Crippen LogP contribution >= 0.6 is 0 Å². The van der Waals surface area contributed by atoms with Gasteiger partial charge in [0.2, 0.25) is 17.7 Å². The highest BCUT2D eigenvalue weighted by Crippen LogP contribution is 2.20. The van der Waals surface area contributed by atoms with Crippen molar-refractivity contribution in [2.24, 2.45) is 44.8 Å². The number of hydrogen-bond acceptors (Lipinski definition) is 10. The van der Waals surface area contributed by atoms with E-state index in [1.54, 1.807) is 0 Å². The first-order chi connectivity index (χ1) is 29.0. The molecule has 0 saturated carbocycles. The van der Waals surface area contributed by atoms with E-state index in [1.165, 1.54) is 10.0 Å². The van der Waals surface area contributed by atoms with Gasteiger partial charge in [0.1, 0.15) is 18.1 Å². The van der Waals surface area contributed by atoms with Crippen LogP contribution < -0.4 is 49.7 Å². The van der Waals surface area contributed by atoms with Gasteiger partial charge in [-0.1, -0.05) is 70.2 Å². The van der Waals surface area contributed by atoms with Crippen molar-refractivity contribution in [2.45, 2.75) is 90.6 Å².